The van der Waals surface area contributed by atoms with Gasteiger partial charge in [-0.15, -0.1) is 0 Å². The third-order valence-corrected chi connectivity index (χ3v) is 8.12. The van der Waals surface area contributed by atoms with E-state index in [1.54, 1.807) is 0 Å². The smallest absolute Gasteiger partial charge is 0.220 e. The lowest BCUT2D eigenvalue weighted by atomic mass is 9.99. The van der Waals surface area contributed by atoms with Gasteiger partial charge in [-0.2, -0.15) is 0 Å². The Hall–Kier alpha value is -1.07. The molecule has 1 rings (SSSR count). The third-order valence-electron chi connectivity index (χ3n) is 8.12. The quantitative estimate of drug-likeness (QED) is 0.0620. The van der Waals surface area contributed by atoms with Crippen LogP contribution in [0.25, 0.3) is 0 Å². The zero-order valence-corrected chi connectivity index (χ0v) is 26.5. The van der Waals surface area contributed by atoms with Gasteiger partial charge in [0.15, 0.2) is 6.29 Å². The highest BCUT2D eigenvalue weighted by atomic mass is 16.7. The fourth-order valence-corrected chi connectivity index (χ4v) is 5.27. The van der Waals surface area contributed by atoms with Crippen molar-refractivity contribution in [2.45, 2.75) is 179 Å². The van der Waals surface area contributed by atoms with Crippen LogP contribution < -0.4 is 5.32 Å². The molecule has 0 aromatic rings. The Labute approximate surface area is 255 Å². The van der Waals surface area contributed by atoms with Crippen LogP contribution in [0.3, 0.4) is 0 Å². The molecule has 248 valence electrons. The van der Waals surface area contributed by atoms with Crippen molar-refractivity contribution in [1.29, 1.82) is 0 Å². The van der Waals surface area contributed by atoms with Crippen LogP contribution in [0.2, 0.25) is 0 Å². The maximum Gasteiger partial charge on any atom is 0.220 e. The molecule has 0 aromatic heterocycles. The topological polar surface area (TPSA) is 149 Å². The van der Waals surface area contributed by atoms with Gasteiger partial charge in [0.2, 0.25) is 5.91 Å². The van der Waals surface area contributed by atoms with Gasteiger partial charge < -0.3 is 40.3 Å². The minimum Gasteiger partial charge on any atom is -0.394 e. The number of hydrogen-bond donors (Lipinski definition) is 6. The Morgan fingerprint density at radius 1 is 0.786 bits per heavy atom. The maximum atomic E-state index is 12.7. The second-order valence-corrected chi connectivity index (χ2v) is 12.0. The summed E-state index contributed by atoms with van der Waals surface area (Å²) in [6.45, 7) is 3.62. The fourth-order valence-electron chi connectivity index (χ4n) is 5.27. The van der Waals surface area contributed by atoms with E-state index >= 15 is 0 Å². The number of aliphatic hydroxyl groups excluding tert-OH is 5. The van der Waals surface area contributed by atoms with Gasteiger partial charge in [-0.05, 0) is 38.5 Å². The van der Waals surface area contributed by atoms with Crippen LogP contribution in [0.1, 0.15) is 136 Å². The zero-order valence-electron chi connectivity index (χ0n) is 26.5. The minimum absolute atomic E-state index is 0.145. The van der Waals surface area contributed by atoms with Crippen molar-refractivity contribution in [2.24, 2.45) is 0 Å². The van der Waals surface area contributed by atoms with Gasteiger partial charge in [0.1, 0.15) is 24.4 Å². The first-order valence-electron chi connectivity index (χ1n) is 16.9. The Bertz CT molecular complexity index is 676. The number of hydrogen-bond acceptors (Lipinski definition) is 8. The van der Waals surface area contributed by atoms with E-state index in [1.165, 1.54) is 57.8 Å². The summed E-state index contributed by atoms with van der Waals surface area (Å²) < 4.78 is 11.0. The fraction of sp³-hybridized carbons (Fsp3) is 0.909. The number of aliphatic hydroxyl groups is 5. The Morgan fingerprint density at radius 2 is 1.33 bits per heavy atom. The van der Waals surface area contributed by atoms with Crippen LogP contribution in [0.5, 0.6) is 0 Å². The molecule has 9 nitrogen and oxygen atoms in total. The normalized spacial score (nSPS) is 24.2. The first-order chi connectivity index (χ1) is 20.3. The lowest BCUT2D eigenvalue weighted by Crippen LogP contribution is -2.60. The Balaban J connectivity index is 2.29. The molecular weight excluding hydrogens is 538 g/mol. The van der Waals surface area contributed by atoms with E-state index in [0.717, 1.165) is 51.4 Å². The largest absolute Gasteiger partial charge is 0.394 e. The molecule has 9 heteroatoms. The summed E-state index contributed by atoms with van der Waals surface area (Å²) >= 11 is 0. The molecule has 0 aromatic carbocycles. The molecular formula is C33H63NO8. The molecule has 0 bridgehead atoms. The summed E-state index contributed by atoms with van der Waals surface area (Å²) in [5.74, 6) is -0.166. The SMILES string of the molecule is CCCCCCCCC/C=C\CCCCCCCC(=O)NC(COC1OC(CO)C(O)C(O)C1O)C(O)CCCCC. The van der Waals surface area contributed by atoms with Crippen molar-refractivity contribution in [3.63, 3.8) is 0 Å². The molecule has 7 unspecified atom stereocenters. The number of ether oxygens (including phenoxy) is 2. The van der Waals surface area contributed by atoms with E-state index in [0.29, 0.717) is 12.8 Å². The molecule has 1 aliphatic heterocycles. The first-order valence-corrected chi connectivity index (χ1v) is 16.9. The van der Waals surface area contributed by atoms with Crippen molar-refractivity contribution in [3.8, 4) is 0 Å². The maximum absolute atomic E-state index is 12.7. The Morgan fingerprint density at radius 3 is 1.93 bits per heavy atom. The van der Waals surface area contributed by atoms with Gasteiger partial charge in [-0.3, -0.25) is 4.79 Å². The molecule has 0 radical (unpaired) electrons. The molecule has 1 saturated heterocycles. The molecule has 6 N–H and O–H groups in total. The highest BCUT2D eigenvalue weighted by molar-refractivity contribution is 5.76. The lowest BCUT2D eigenvalue weighted by Gasteiger charge is -2.40. The number of allylic oxidation sites excluding steroid dienone is 2. The van der Waals surface area contributed by atoms with E-state index < -0.39 is 49.5 Å². The Kier molecular flexibility index (Phi) is 23.4. The minimum atomic E-state index is -1.55. The van der Waals surface area contributed by atoms with Crippen LogP contribution in [-0.4, -0.2) is 87.5 Å². The average molecular weight is 602 g/mol. The second-order valence-electron chi connectivity index (χ2n) is 12.0. The van der Waals surface area contributed by atoms with Crippen LogP contribution in [-0.2, 0) is 14.3 Å². The van der Waals surface area contributed by atoms with Crippen molar-refractivity contribution in [1.82, 2.24) is 5.32 Å². The molecule has 1 aliphatic rings. The highest BCUT2D eigenvalue weighted by Crippen LogP contribution is 2.22. The number of unbranched alkanes of at least 4 members (excludes halogenated alkanes) is 14. The van der Waals surface area contributed by atoms with E-state index in [2.05, 4.69) is 31.3 Å². The standard InChI is InChI=1S/C33H63NO8/c1-3-5-7-8-9-10-11-12-13-14-15-16-17-18-19-21-23-29(37)34-26(27(36)22-20-6-4-2)25-41-33-32(40)31(39)30(38)28(24-35)42-33/h13-14,26-28,30-33,35-36,38-40H,3-12,15-25H2,1-2H3,(H,34,37)/b14-13-. The van der Waals surface area contributed by atoms with E-state index in [9.17, 15) is 30.3 Å². The molecule has 1 fully saturated rings. The third kappa shape index (κ3) is 17.3. The summed E-state index contributed by atoms with van der Waals surface area (Å²) in [6.07, 6.45) is 17.3. The average Bonchev–Trinajstić information content (AvgIpc) is 2.98. The molecule has 1 heterocycles. The molecule has 0 saturated carbocycles. The summed E-state index contributed by atoms with van der Waals surface area (Å²) in [5, 5.41) is 53.2. The van der Waals surface area contributed by atoms with Crippen LogP contribution in [0.15, 0.2) is 12.2 Å². The number of rotatable bonds is 26. The van der Waals surface area contributed by atoms with Crippen molar-refractivity contribution in [3.05, 3.63) is 12.2 Å². The summed E-state index contributed by atoms with van der Waals surface area (Å²) in [6, 6.07) is -0.713. The van der Waals surface area contributed by atoms with Gasteiger partial charge in [0.05, 0.1) is 25.4 Å². The lowest BCUT2D eigenvalue weighted by molar-refractivity contribution is -0.302. The second kappa shape index (κ2) is 25.3. The number of carbonyl (C=O) groups is 1. The van der Waals surface area contributed by atoms with Crippen molar-refractivity contribution >= 4 is 5.91 Å². The van der Waals surface area contributed by atoms with Crippen molar-refractivity contribution in [2.75, 3.05) is 13.2 Å². The monoisotopic (exact) mass is 601 g/mol. The van der Waals surface area contributed by atoms with Crippen LogP contribution in [0.4, 0.5) is 0 Å². The van der Waals surface area contributed by atoms with Crippen LogP contribution >= 0.6 is 0 Å². The van der Waals surface area contributed by atoms with Crippen molar-refractivity contribution < 1.29 is 39.8 Å². The molecule has 7 atom stereocenters. The van der Waals surface area contributed by atoms with Gasteiger partial charge in [-0.25, -0.2) is 0 Å². The van der Waals surface area contributed by atoms with Gasteiger partial charge in [0, 0.05) is 6.42 Å². The van der Waals surface area contributed by atoms with E-state index in [1.807, 2.05) is 0 Å². The van der Waals surface area contributed by atoms with E-state index in [-0.39, 0.29) is 12.5 Å². The van der Waals surface area contributed by atoms with E-state index in [4.69, 9.17) is 9.47 Å². The predicted octanol–water partition coefficient (Wildman–Crippen LogP) is 4.66. The summed E-state index contributed by atoms with van der Waals surface area (Å²) in [5.41, 5.74) is 0. The highest BCUT2D eigenvalue weighted by Gasteiger charge is 2.44. The molecule has 1 amide bonds. The molecule has 42 heavy (non-hydrogen) atoms. The first kappa shape index (κ1) is 39.0. The van der Waals surface area contributed by atoms with Crippen LogP contribution in [0, 0.1) is 0 Å². The zero-order chi connectivity index (χ0) is 31.0. The number of nitrogens with one attached hydrogen (secondary N) is 1. The summed E-state index contributed by atoms with van der Waals surface area (Å²) in [4.78, 5) is 12.7. The van der Waals surface area contributed by atoms with Gasteiger partial charge in [0.25, 0.3) is 0 Å². The predicted molar refractivity (Wildman–Crippen MR) is 166 cm³/mol. The number of carbonyl (C=O) groups excluding carboxylic acids is 1. The summed E-state index contributed by atoms with van der Waals surface area (Å²) in [7, 11) is 0. The number of amides is 1. The van der Waals surface area contributed by atoms with Gasteiger partial charge in [-0.1, -0.05) is 103 Å². The molecule has 0 aliphatic carbocycles. The molecule has 0 spiro atoms. The van der Waals surface area contributed by atoms with Gasteiger partial charge >= 0.3 is 0 Å².